The van der Waals surface area contributed by atoms with Crippen LogP contribution in [0.25, 0.3) is 5.65 Å². The third-order valence-electron chi connectivity index (χ3n) is 1.53. The van der Waals surface area contributed by atoms with Gasteiger partial charge in [0.2, 0.25) is 0 Å². The summed E-state index contributed by atoms with van der Waals surface area (Å²) in [6.07, 6.45) is 3.79. The summed E-state index contributed by atoms with van der Waals surface area (Å²) in [5.74, 6) is 0. The van der Waals surface area contributed by atoms with Crippen molar-refractivity contribution in [3.8, 4) is 0 Å². The predicted molar refractivity (Wildman–Crippen MR) is 58.1 cm³/mol. The van der Waals surface area contributed by atoms with Gasteiger partial charge in [0, 0.05) is 6.20 Å². The number of imidazole rings is 1. The van der Waals surface area contributed by atoms with Gasteiger partial charge in [0.05, 0.1) is 11.9 Å². The van der Waals surface area contributed by atoms with E-state index >= 15 is 0 Å². The SMILES string of the molecule is Cc1cn2c(I)cnc2c(Br)n1. The van der Waals surface area contributed by atoms with E-state index in [1.165, 1.54) is 0 Å². The van der Waals surface area contributed by atoms with Gasteiger partial charge in [-0.15, -0.1) is 0 Å². The molecule has 12 heavy (non-hydrogen) atoms. The normalized spacial score (nSPS) is 10.9. The van der Waals surface area contributed by atoms with Gasteiger partial charge in [0.25, 0.3) is 0 Å². The zero-order chi connectivity index (χ0) is 8.72. The van der Waals surface area contributed by atoms with Crippen LogP contribution in [0.3, 0.4) is 0 Å². The first-order valence-electron chi connectivity index (χ1n) is 3.34. The van der Waals surface area contributed by atoms with Gasteiger partial charge in [-0.2, -0.15) is 0 Å². The predicted octanol–water partition coefficient (Wildman–Crippen LogP) is 2.40. The Morgan fingerprint density at radius 2 is 2.33 bits per heavy atom. The van der Waals surface area contributed by atoms with Crippen LogP contribution in [0.4, 0.5) is 0 Å². The van der Waals surface area contributed by atoms with Crippen molar-refractivity contribution in [1.82, 2.24) is 14.4 Å². The lowest BCUT2D eigenvalue weighted by atomic mass is 10.5. The van der Waals surface area contributed by atoms with Crippen LogP contribution in [0, 0.1) is 10.6 Å². The lowest BCUT2D eigenvalue weighted by molar-refractivity contribution is 1.03. The topological polar surface area (TPSA) is 30.2 Å². The van der Waals surface area contributed by atoms with Crippen molar-refractivity contribution in [2.24, 2.45) is 0 Å². The van der Waals surface area contributed by atoms with Gasteiger partial charge in [0.15, 0.2) is 5.65 Å². The molecule has 0 aromatic carbocycles. The molecule has 0 aliphatic rings. The highest BCUT2D eigenvalue weighted by Gasteiger charge is 2.05. The first-order valence-corrected chi connectivity index (χ1v) is 5.21. The van der Waals surface area contributed by atoms with E-state index in [9.17, 15) is 0 Å². The number of aryl methyl sites for hydroxylation is 1. The van der Waals surface area contributed by atoms with Crippen molar-refractivity contribution in [3.05, 3.63) is 26.4 Å². The molecule has 0 saturated heterocycles. The molecule has 0 aliphatic carbocycles. The highest BCUT2D eigenvalue weighted by molar-refractivity contribution is 14.1. The van der Waals surface area contributed by atoms with Gasteiger partial charge in [-0.05, 0) is 45.4 Å². The molecule has 62 valence electrons. The maximum absolute atomic E-state index is 4.25. The fourth-order valence-electron chi connectivity index (χ4n) is 1.04. The van der Waals surface area contributed by atoms with E-state index < -0.39 is 0 Å². The van der Waals surface area contributed by atoms with Gasteiger partial charge in [-0.3, -0.25) is 4.40 Å². The number of rotatable bonds is 0. The highest BCUT2D eigenvalue weighted by atomic mass is 127. The zero-order valence-electron chi connectivity index (χ0n) is 6.25. The molecule has 0 N–H and O–H groups in total. The second-order valence-electron chi connectivity index (χ2n) is 2.45. The van der Waals surface area contributed by atoms with E-state index in [0.717, 1.165) is 19.6 Å². The standard InChI is InChI=1S/C7H5BrIN3/c1-4-3-12-5(9)2-10-7(12)6(8)11-4/h2-3H,1H3. The fourth-order valence-corrected chi connectivity index (χ4v) is 2.12. The maximum atomic E-state index is 4.25. The van der Waals surface area contributed by atoms with Gasteiger partial charge in [-0.1, -0.05) is 0 Å². The summed E-state index contributed by atoms with van der Waals surface area (Å²) in [7, 11) is 0. The molecule has 0 amide bonds. The van der Waals surface area contributed by atoms with E-state index in [0.29, 0.717) is 0 Å². The first kappa shape index (κ1) is 8.43. The van der Waals surface area contributed by atoms with Crippen molar-refractivity contribution in [2.75, 3.05) is 0 Å². The Morgan fingerprint density at radius 3 is 3.08 bits per heavy atom. The molecule has 0 bridgehead atoms. The molecule has 0 unspecified atom stereocenters. The second kappa shape index (κ2) is 2.95. The summed E-state index contributed by atoms with van der Waals surface area (Å²) in [5.41, 5.74) is 1.84. The largest absolute Gasteiger partial charge is 0.291 e. The summed E-state index contributed by atoms with van der Waals surface area (Å²) in [4.78, 5) is 8.45. The van der Waals surface area contributed by atoms with E-state index in [1.807, 2.05) is 23.7 Å². The number of aromatic nitrogens is 3. The van der Waals surface area contributed by atoms with E-state index in [1.54, 1.807) is 0 Å². The van der Waals surface area contributed by atoms with Gasteiger partial charge in [-0.25, -0.2) is 9.97 Å². The number of hydrogen-bond acceptors (Lipinski definition) is 2. The molecule has 2 aromatic rings. The fraction of sp³-hybridized carbons (Fsp3) is 0.143. The van der Waals surface area contributed by atoms with Crippen LogP contribution in [-0.2, 0) is 0 Å². The minimum Gasteiger partial charge on any atom is -0.291 e. The Labute approximate surface area is 91.5 Å². The summed E-state index contributed by atoms with van der Waals surface area (Å²) in [5, 5.41) is 0. The van der Waals surface area contributed by atoms with Crippen LogP contribution in [0.15, 0.2) is 17.0 Å². The number of hydrogen-bond donors (Lipinski definition) is 0. The Morgan fingerprint density at radius 1 is 1.58 bits per heavy atom. The molecule has 0 atom stereocenters. The Hall–Kier alpha value is -0.170. The zero-order valence-corrected chi connectivity index (χ0v) is 10.00. The molecule has 3 nitrogen and oxygen atoms in total. The van der Waals surface area contributed by atoms with Crippen LogP contribution in [-0.4, -0.2) is 14.4 Å². The van der Waals surface area contributed by atoms with Crippen molar-refractivity contribution in [3.63, 3.8) is 0 Å². The van der Waals surface area contributed by atoms with Crippen LogP contribution in [0.1, 0.15) is 5.69 Å². The molecule has 5 heteroatoms. The maximum Gasteiger partial charge on any atom is 0.171 e. The lowest BCUT2D eigenvalue weighted by Gasteiger charge is -1.98. The van der Waals surface area contributed by atoms with E-state index in [2.05, 4.69) is 48.5 Å². The van der Waals surface area contributed by atoms with Gasteiger partial charge in [0.1, 0.15) is 8.30 Å². The molecule has 2 rings (SSSR count). The summed E-state index contributed by atoms with van der Waals surface area (Å²) < 4.78 is 3.90. The molecule has 0 aliphatic heterocycles. The van der Waals surface area contributed by atoms with Gasteiger partial charge < -0.3 is 0 Å². The highest BCUT2D eigenvalue weighted by Crippen LogP contribution is 2.17. The lowest BCUT2D eigenvalue weighted by Crippen LogP contribution is -1.93. The molecular formula is C7H5BrIN3. The molecule has 0 spiro atoms. The Balaban J connectivity index is 2.92. The van der Waals surface area contributed by atoms with Crippen LogP contribution in [0.2, 0.25) is 0 Å². The Kier molecular flexibility index (Phi) is 2.07. The quantitative estimate of drug-likeness (QED) is 0.691. The minimum absolute atomic E-state index is 0.797. The van der Waals surface area contributed by atoms with Crippen molar-refractivity contribution in [1.29, 1.82) is 0 Å². The van der Waals surface area contributed by atoms with Crippen LogP contribution in [0.5, 0.6) is 0 Å². The molecule has 2 heterocycles. The van der Waals surface area contributed by atoms with Gasteiger partial charge >= 0.3 is 0 Å². The summed E-state index contributed by atoms with van der Waals surface area (Å²) in [6.45, 7) is 1.96. The minimum atomic E-state index is 0.797. The van der Waals surface area contributed by atoms with Crippen LogP contribution >= 0.6 is 38.5 Å². The Bertz CT molecular complexity index is 437. The number of nitrogens with zero attached hydrogens (tertiary/aromatic N) is 3. The molecule has 0 fully saturated rings. The van der Waals surface area contributed by atoms with Crippen LogP contribution < -0.4 is 0 Å². The van der Waals surface area contributed by atoms with Crippen molar-refractivity contribution >= 4 is 44.2 Å². The summed E-state index contributed by atoms with van der Waals surface area (Å²) >= 11 is 5.60. The second-order valence-corrected chi connectivity index (χ2v) is 4.30. The molecule has 2 aromatic heterocycles. The number of halogens is 2. The van der Waals surface area contributed by atoms with Crippen molar-refractivity contribution in [2.45, 2.75) is 6.92 Å². The summed E-state index contributed by atoms with van der Waals surface area (Å²) in [6, 6.07) is 0. The third-order valence-corrected chi connectivity index (χ3v) is 2.86. The monoisotopic (exact) mass is 337 g/mol. The molecular weight excluding hydrogens is 333 g/mol. The smallest absolute Gasteiger partial charge is 0.171 e. The van der Waals surface area contributed by atoms with E-state index in [4.69, 9.17) is 0 Å². The molecule has 0 radical (unpaired) electrons. The number of fused-ring (bicyclic) bond motifs is 1. The third kappa shape index (κ3) is 1.24. The average Bonchev–Trinajstić information content (AvgIpc) is 2.33. The van der Waals surface area contributed by atoms with Crippen molar-refractivity contribution < 1.29 is 0 Å². The molecule has 0 saturated carbocycles. The van der Waals surface area contributed by atoms with E-state index in [-0.39, 0.29) is 0 Å². The first-order chi connectivity index (χ1) is 5.68. The average molecular weight is 338 g/mol.